The number of anilines is 1. The van der Waals surface area contributed by atoms with Crippen LogP contribution in [-0.4, -0.2) is 28.1 Å². The van der Waals surface area contributed by atoms with E-state index in [1.807, 2.05) is 25.1 Å². The fraction of sp³-hybridized carbons (Fsp3) is 0.304. The smallest absolute Gasteiger partial charge is 0.286 e. The van der Waals surface area contributed by atoms with Crippen molar-refractivity contribution in [2.24, 2.45) is 0 Å². The summed E-state index contributed by atoms with van der Waals surface area (Å²) in [5.41, 5.74) is 2.33. The Bertz CT molecular complexity index is 1030. The van der Waals surface area contributed by atoms with Gasteiger partial charge in [0.15, 0.2) is 0 Å². The standard InChI is InChI=1S/C23H24N4O2S/c1-15(10-11-16-6-3-2-4-7-16)24-20(28)18-8-5-9-19(14-18)25-21(29)23-27-26-22(30-23)17-12-13-17/h2-9,14-15,17H,10-13H2,1H3,(H,24,28)(H,25,29)/t15-/m0/s1. The van der Waals surface area contributed by atoms with E-state index in [0.717, 1.165) is 30.7 Å². The van der Waals surface area contributed by atoms with Gasteiger partial charge in [-0.1, -0.05) is 47.7 Å². The molecule has 7 heteroatoms. The molecule has 4 rings (SSSR count). The Morgan fingerprint density at radius 1 is 1.07 bits per heavy atom. The van der Waals surface area contributed by atoms with Gasteiger partial charge >= 0.3 is 0 Å². The summed E-state index contributed by atoms with van der Waals surface area (Å²) in [6, 6.07) is 17.2. The Morgan fingerprint density at radius 2 is 1.87 bits per heavy atom. The van der Waals surface area contributed by atoms with Crippen LogP contribution in [0.1, 0.15) is 62.8 Å². The summed E-state index contributed by atoms with van der Waals surface area (Å²) >= 11 is 1.34. The highest BCUT2D eigenvalue weighted by atomic mass is 32.1. The maximum Gasteiger partial charge on any atom is 0.286 e. The summed E-state index contributed by atoms with van der Waals surface area (Å²) in [6.07, 6.45) is 4.00. The van der Waals surface area contributed by atoms with Gasteiger partial charge in [-0.15, -0.1) is 10.2 Å². The molecular weight excluding hydrogens is 396 g/mol. The van der Waals surface area contributed by atoms with Crippen molar-refractivity contribution in [2.75, 3.05) is 5.32 Å². The van der Waals surface area contributed by atoms with Gasteiger partial charge in [0.1, 0.15) is 5.01 Å². The fourth-order valence-corrected chi connectivity index (χ4v) is 4.06. The monoisotopic (exact) mass is 420 g/mol. The van der Waals surface area contributed by atoms with Gasteiger partial charge in [-0.3, -0.25) is 9.59 Å². The zero-order chi connectivity index (χ0) is 20.9. The first-order valence-electron chi connectivity index (χ1n) is 10.2. The fourth-order valence-electron chi connectivity index (χ4n) is 3.15. The van der Waals surface area contributed by atoms with E-state index in [1.165, 1.54) is 16.9 Å². The van der Waals surface area contributed by atoms with Gasteiger partial charge in [-0.2, -0.15) is 0 Å². The molecule has 154 valence electrons. The Morgan fingerprint density at radius 3 is 2.63 bits per heavy atom. The summed E-state index contributed by atoms with van der Waals surface area (Å²) in [6.45, 7) is 2.00. The number of carbonyl (C=O) groups is 2. The zero-order valence-corrected chi connectivity index (χ0v) is 17.6. The first-order chi connectivity index (χ1) is 14.6. The van der Waals surface area contributed by atoms with E-state index in [2.05, 4.69) is 33.0 Å². The van der Waals surface area contributed by atoms with Gasteiger partial charge < -0.3 is 10.6 Å². The van der Waals surface area contributed by atoms with Crippen LogP contribution < -0.4 is 10.6 Å². The van der Waals surface area contributed by atoms with Crippen molar-refractivity contribution in [3.8, 4) is 0 Å². The van der Waals surface area contributed by atoms with Gasteiger partial charge in [-0.25, -0.2) is 0 Å². The molecule has 2 N–H and O–H groups in total. The Kier molecular flexibility index (Phi) is 6.18. The third-order valence-electron chi connectivity index (χ3n) is 5.03. The molecule has 0 spiro atoms. The van der Waals surface area contributed by atoms with Gasteiger partial charge in [0.25, 0.3) is 11.8 Å². The summed E-state index contributed by atoms with van der Waals surface area (Å²) < 4.78 is 0. The predicted octanol–water partition coefficient (Wildman–Crippen LogP) is 4.42. The van der Waals surface area contributed by atoms with Crippen molar-refractivity contribution < 1.29 is 9.59 Å². The van der Waals surface area contributed by atoms with Gasteiger partial charge in [0.2, 0.25) is 5.01 Å². The molecule has 0 aliphatic heterocycles. The van der Waals surface area contributed by atoms with E-state index in [9.17, 15) is 9.59 Å². The van der Waals surface area contributed by atoms with Crippen LogP contribution in [0.4, 0.5) is 5.69 Å². The van der Waals surface area contributed by atoms with Crippen LogP contribution in [0.2, 0.25) is 0 Å². The van der Waals surface area contributed by atoms with Crippen LogP contribution in [-0.2, 0) is 6.42 Å². The van der Waals surface area contributed by atoms with Crippen molar-refractivity contribution >= 4 is 28.8 Å². The van der Waals surface area contributed by atoms with Crippen molar-refractivity contribution in [2.45, 2.75) is 44.6 Å². The average molecular weight is 421 g/mol. The summed E-state index contributed by atoms with van der Waals surface area (Å²) in [4.78, 5) is 25.1. The summed E-state index contributed by atoms with van der Waals surface area (Å²) in [5, 5.41) is 15.2. The van der Waals surface area contributed by atoms with E-state index in [1.54, 1.807) is 24.3 Å². The molecule has 6 nitrogen and oxygen atoms in total. The van der Waals surface area contributed by atoms with Crippen LogP contribution in [0, 0.1) is 0 Å². The molecule has 1 atom stereocenters. The molecule has 1 fully saturated rings. The second-order valence-electron chi connectivity index (χ2n) is 7.65. The van der Waals surface area contributed by atoms with Crippen molar-refractivity contribution in [1.29, 1.82) is 0 Å². The molecular formula is C23H24N4O2S. The van der Waals surface area contributed by atoms with Gasteiger partial charge in [0, 0.05) is 23.2 Å². The van der Waals surface area contributed by atoms with Crippen LogP contribution in [0.5, 0.6) is 0 Å². The highest BCUT2D eigenvalue weighted by Crippen LogP contribution is 2.41. The number of hydrogen-bond donors (Lipinski definition) is 2. The number of nitrogens with zero attached hydrogens (tertiary/aromatic N) is 2. The zero-order valence-electron chi connectivity index (χ0n) is 16.8. The second-order valence-corrected chi connectivity index (χ2v) is 8.66. The van der Waals surface area contributed by atoms with Crippen LogP contribution >= 0.6 is 11.3 Å². The maximum atomic E-state index is 12.6. The molecule has 0 bridgehead atoms. The Hall–Kier alpha value is -3.06. The first-order valence-corrected chi connectivity index (χ1v) is 11.0. The van der Waals surface area contributed by atoms with Crippen LogP contribution in [0.25, 0.3) is 0 Å². The minimum absolute atomic E-state index is 0.0400. The van der Waals surface area contributed by atoms with Crippen molar-refractivity contribution in [3.63, 3.8) is 0 Å². The lowest BCUT2D eigenvalue weighted by atomic mass is 10.1. The molecule has 0 unspecified atom stereocenters. The third-order valence-corrected chi connectivity index (χ3v) is 6.11. The Labute approximate surface area is 179 Å². The highest BCUT2D eigenvalue weighted by Gasteiger charge is 2.28. The molecule has 3 aromatic rings. The largest absolute Gasteiger partial charge is 0.350 e. The minimum atomic E-state index is -0.298. The molecule has 1 aliphatic rings. The number of carbonyl (C=O) groups excluding carboxylic acids is 2. The quantitative estimate of drug-likeness (QED) is 0.565. The number of nitrogens with one attached hydrogen (secondary N) is 2. The van der Waals surface area contributed by atoms with Gasteiger partial charge in [-0.05, 0) is 56.4 Å². The normalized spacial score (nSPS) is 14.2. The van der Waals surface area contributed by atoms with Crippen LogP contribution in [0.3, 0.4) is 0 Å². The summed E-state index contributed by atoms with van der Waals surface area (Å²) in [7, 11) is 0. The third kappa shape index (κ3) is 5.30. The lowest BCUT2D eigenvalue weighted by molar-refractivity contribution is 0.0937. The van der Waals surface area contributed by atoms with E-state index in [0.29, 0.717) is 22.2 Å². The number of aryl methyl sites for hydroxylation is 1. The van der Waals surface area contributed by atoms with Crippen molar-refractivity contribution in [3.05, 3.63) is 75.7 Å². The lowest BCUT2D eigenvalue weighted by Crippen LogP contribution is -2.32. The highest BCUT2D eigenvalue weighted by molar-refractivity contribution is 7.13. The molecule has 1 saturated carbocycles. The van der Waals surface area contributed by atoms with Crippen LogP contribution in [0.15, 0.2) is 54.6 Å². The topological polar surface area (TPSA) is 84.0 Å². The number of aromatic nitrogens is 2. The minimum Gasteiger partial charge on any atom is -0.350 e. The number of benzene rings is 2. The SMILES string of the molecule is C[C@@H](CCc1ccccc1)NC(=O)c1cccc(NC(=O)c2nnc(C3CC3)s2)c1. The van der Waals surface area contributed by atoms with Gasteiger partial charge in [0.05, 0.1) is 0 Å². The molecule has 2 amide bonds. The number of rotatable bonds is 8. The van der Waals surface area contributed by atoms with Crippen molar-refractivity contribution in [1.82, 2.24) is 15.5 Å². The molecule has 1 heterocycles. The predicted molar refractivity (Wildman–Crippen MR) is 118 cm³/mol. The lowest BCUT2D eigenvalue weighted by Gasteiger charge is -2.14. The van der Waals surface area contributed by atoms with E-state index >= 15 is 0 Å². The molecule has 0 radical (unpaired) electrons. The second kappa shape index (κ2) is 9.17. The summed E-state index contributed by atoms with van der Waals surface area (Å²) in [5.74, 6) is 0.0201. The number of amides is 2. The van der Waals surface area contributed by atoms with E-state index in [-0.39, 0.29) is 17.9 Å². The number of hydrogen-bond acceptors (Lipinski definition) is 5. The maximum absolute atomic E-state index is 12.6. The van der Waals surface area contributed by atoms with E-state index < -0.39 is 0 Å². The van der Waals surface area contributed by atoms with E-state index in [4.69, 9.17) is 0 Å². The average Bonchev–Trinajstić information content (AvgIpc) is 3.49. The Balaban J connectivity index is 1.32. The molecule has 0 saturated heterocycles. The molecule has 1 aromatic heterocycles. The molecule has 2 aromatic carbocycles. The molecule has 30 heavy (non-hydrogen) atoms. The molecule has 1 aliphatic carbocycles. The first kappa shape index (κ1) is 20.2.